The van der Waals surface area contributed by atoms with E-state index in [4.69, 9.17) is 0 Å². The fourth-order valence-corrected chi connectivity index (χ4v) is 3.24. The first kappa shape index (κ1) is 14.4. The van der Waals surface area contributed by atoms with Gasteiger partial charge in [-0.1, -0.05) is 18.2 Å². The molecular weight excluding hydrogens is 236 g/mol. The van der Waals surface area contributed by atoms with Crippen LogP contribution < -0.4 is 4.90 Å². The lowest BCUT2D eigenvalue weighted by Gasteiger charge is -2.46. The van der Waals surface area contributed by atoms with Crippen LogP contribution in [0.5, 0.6) is 0 Å². The molecule has 3 heteroatoms. The lowest BCUT2D eigenvalue weighted by molar-refractivity contribution is 0.154. The van der Waals surface area contributed by atoms with Crippen LogP contribution in [0.3, 0.4) is 0 Å². The van der Waals surface area contributed by atoms with Gasteiger partial charge in [-0.05, 0) is 45.4 Å². The predicted octanol–water partition coefficient (Wildman–Crippen LogP) is 2.19. The molecule has 3 nitrogen and oxygen atoms in total. The average molecular weight is 262 g/mol. The molecule has 106 valence electrons. The first-order chi connectivity index (χ1) is 9.04. The Morgan fingerprint density at radius 3 is 2.42 bits per heavy atom. The molecule has 0 radical (unpaired) electrons. The number of aliphatic hydroxyl groups is 1. The average Bonchev–Trinajstić information content (AvgIpc) is 2.34. The Labute approximate surface area is 116 Å². The van der Waals surface area contributed by atoms with Crippen LogP contribution in [-0.2, 0) is 0 Å². The van der Waals surface area contributed by atoms with E-state index in [1.807, 2.05) is 0 Å². The SMILES string of the molecule is Cc1cccc(C)c1N1CC(CCO)N(C)CC1C. The van der Waals surface area contributed by atoms with Gasteiger partial charge in [-0.2, -0.15) is 0 Å². The molecule has 2 unspecified atom stereocenters. The normalized spacial score (nSPS) is 24.8. The molecule has 1 heterocycles. The fraction of sp³-hybridized carbons (Fsp3) is 0.625. The predicted molar refractivity (Wildman–Crippen MR) is 80.8 cm³/mol. The number of aliphatic hydroxyl groups excluding tert-OH is 1. The van der Waals surface area contributed by atoms with E-state index < -0.39 is 0 Å². The fourth-order valence-electron chi connectivity index (χ4n) is 3.24. The third-order valence-electron chi connectivity index (χ3n) is 4.30. The first-order valence-corrected chi connectivity index (χ1v) is 7.18. The number of hydrogen-bond donors (Lipinski definition) is 1. The number of anilines is 1. The minimum absolute atomic E-state index is 0.268. The molecule has 1 saturated heterocycles. The monoisotopic (exact) mass is 262 g/mol. The number of rotatable bonds is 3. The molecule has 2 atom stereocenters. The van der Waals surface area contributed by atoms with Crippen LogP contribution in [-0.4, -0.2) is 48.8 Å². The summed E-state index contributed by atoms with van der Waals surface area (Å²) >= 11 is 0. The Kier molecular flexibility index (Phi) is 4.48. The van der Waals surface area contributed by atoms with Crippen molar-refractivity contribution in [2.24, 2.45) is 0 Å². The van der Waals surface area contributed by atoms with E-state index >= 15 is 0 Å². The number of nitrogens with zero attached hydrogens (tertiary/aromatic N) is 2. The highest BCUT2D eigenvalue weighted by Crippen LogP contribution is 2.29. The molecule has 1 aliphatic heterocycles. The molecule has 0 saturated carbocycles. The van der Waals surface area contributed by atoms with Crippen LogP contribution >= 0.6 is 0 Å². The molecule has 1 aromatic carbocycles. The quantitative estimate of drug-likeness (QED) is 0.904. The molecule has 0 aromatic heterocycles. The van der Waals surface area contributed by atoms with E-state index in [1.54, 1.807) is 0 Å². The molecular formula is C16H26N2O. The summed E-state index contributed by atoms with van der Waals surface area (Å²) in [6, 6.07) is 7.46. The van der Waals surface area contributed by atoms with Crippen molar-refractivity contribution in [3.05, 3.63) is 29.3 Å². The number of aryl methyl sites for hydroxylation is 2. The zero-order valence-electron chi connectivity index (χ0n) is 12.6. The summed E-state index contributed by atoms with van der Waals surface area (Å²) in [5.41, 5.74) is 4.07. The topological polar surface area (TPSA) is 26.7 Å². The van der Waals surface area contributed by atoms with Crippen LogP contribution in [0, 0.1) is 13.8 Å². The summed E-state index contributed by atoms with van der Waals surface area (Å²) in [6.07, 6.45) is 0.852. The molecule has 19 heavy (non-hydrogen) atoms. The maximum absolute atomic E-state index is 9.22. The van der Waals surface area contributed by atoms with E-state index in [2.05, 4.69) is 55.8 Å². The van der Waals surface area contributed by atoms with Gasteiger partial charge in [-0.25, -0.2) is 0 Å². The van der Waals surface area contributed by atoms with E-state index in [0.29, 0.717) is 12.1 Å². The maximum Gasteiger partial charge on any atom is 0.0446 e. The van der Waals surface area contributed by atoms with Crippen molar-refractivity contribution in [3.63, 3.8) is 0 Å². The Bertz CT molecular complexity index is 413. The smallest absolute Gasteiger partial charge is 0.0446 e. The summed E-state index contributed by atoms with van der Waals surface area (Å²) < 4.78 is 0. The third kappa shape index (κ3) is 2.93. The molecule has 1 aromatic rings. The van der Waals surface area contributed by atoms with Crippen LogP contribution in [0.15, 0.2) is 18.2 Å². The van der Waals surface area contributed by atoms with Gasteiger partial charge in [0.15, 0.2) is 0 Å². The summed E-state index contributed by atoms with van der Waals surface area (Å²) in [6.45, 7) is 8.99. The van der Waals surface area contributed by atoms with Gasteiger partial charge >= 0.3 is 0 Å². The minimum Gasteiger partial charge on any atom is -0.396 e. The van der Waals surface area contributed by atoms with Crippen molar-refractivity contribution in [3.8, 4) is 0 Å². The number of likely N-dealkylation sites (N-methyl/N-ethyl adjacent to an activating group) is 1. The highest BCUT2D eigenvalue weighted by atomic mass is 16.3. The second kappa shape index (κ2) is 5.93. The molecule has 0 bridgehead atoms. The zero-order valence-corrected chi connectivity index (χ0v) is 12.6. The van der Waals surface area contributed by atoms with Gasteiger partial charge in [0.2, 0.25) is 0 Å². The van der Waals surface area contributed by atoms with Crippen molar-refractivity contribution in [2.75, 3.05) is 31.6 Å². The lowest BCUT2D eigenvalue weighted by atomic mass is 10.0. The van der Waals surface area contributed by atoms with Gasteiger partial charge < -0.3 is 10.0 Å². The number of piperazine rings is 1. The second-order valence-corrected chi connectivity index (χ2v) is 5.85. The first-order valence-electron chi connectivity index (χ1n) is 7.18. The molecule has 1 fully saturated rings. The number of hydrogen-bond acceptors (Lipinski definition) is 3. The van der Waals surface area contributed by atoms with Gasteiger partial charge in [-0.15, -0.1) is 0 Å². The largest absolute Gasteiger partial charge is 0.396 e. The van der Waals surface area contributed by atoms with E-state index in [1.165, 1.54) is 16.8 Å². The summed E-state index contributed by atoms with van der Waals surface area (Å²) in [5, 5.41) is 9.22. The standard InChI is InChI=1S/C16H26N2O/c1-12-6-5-7-13(2)16(12)18-11-15(8-9-19)17(4)10-14(18)3/h5-7,14-15,19H,8-11H2,1-4H3. The van der Waals surface area contributed by atoms with Crippen molar-refractivity contribution in [1.82, 2.24) is 4.90 Å². The van der Waals surface area contributed by atoms with E-state index in [-0.39, 0.29) is 6.61 Å². The van der Waals surface area contributed by atoms with Crippen molar-refractivity contribution >= 4 is 5.69 Å². The van der Waals surface area contributed by atoms with Gasteiger partial charge in [0.25, 0.3) is 0 Å². The second-order valence-electron chi connectivity index (χ2n) is 5.85. The summed E-state index contributed by atoms with van der Waals surface area (Å²) in [5.74, 6) is 0. The van der Waals surface area contributed by atoms with Crippen molar-refractivity contribution < 1.29 is 5.11 Å². The zero-order chi connectivity index (χ0) is 14.0. The maximum atomic E-state index is 9.22. The highest BCUT2D eigenvalue weighted by Gasteiger charge is 2.30. The Hall–Kier alpha value is -1.06. The van der Waals surface area contributed by atoms with Crippen LogP contribution in [0.25, 0.3) is 0 Å². The Balaban J connectivity index is 2.27. The molecule has 0 aliphatic carbocycles. The molecule has 2 rings (SSSR count). The molecule has 1 N–H and O–H groups in total. The van der Waals surface area contributed by atoms with E-state index in [0.717, 1.165) is 19.5 Å². The Morgan fingerprint density at radius 2 is 1.84 bits per heavy atom. The van der Waals surface area contributed by atoms with Gasteiger partial charge in [0.1, 0.15) is 0 Å². The van der Waals surface area contributed by atoms with Crippen LogP contribution in [0.4, 0.5) is 5.69 Å². The highest BCUT2D eigenvalue weighted by molar-refractivity contribution is 5.60. The van der Waals surface area contributed by atoms with Crippen molar-refractivity contribution in [2.45, 2.75) is 39.3 Å². The molecule has 1 aliphatic rings. The summed E-state index contributed by atoms with van der Waals surface area (Å²) in [4.78, 5) is 4.90. The number of para-hydroxylation sites is 1. The third-order valence-corrected chi connectivity index (χ3v) is 4.30. The van der Waals surface area contributed by atoms with Gasteiger partial charge in [0, 0.05) is 37.5 Å². The number of benzene rings is 1. The van der Waals surface area contributed by atoms with E-state index in [9.17, 15) is 5.11 Å². The van der Waals surface area contributed by atoms with Crippen molar-refractivity contribution in [1.29, 1.82) is 0 Å². The Morgan fingerprint density at radius 1 is 1.21 bits per heavy atom. The van der Waals surface area contributed by atoms with Gasteiger partial charge in [-0.3, -0.25) is 4.90 Å². The molecule has 0 spiro atoms. The van der Waals surface area contributed by atoms with Crippen LogP contribution in [0.2, 0.25) is 0 Å². The lowest BCUT2D eigenvalue weighted by Crippen LogP contribution is -2.56. The van der Waals surface area contributed by atoms with Gasteiger partial charge in [0.05, 0.1) is 0 Å². The molecule has 0 amide bonds. The minimum atomic E-state index is 0.268. The van der Waals surface area contributed by atoms with Crippen LogP contribution in [0.1, 0.15) is 24.5 Å². The summed E-state index contributed by atoms with van der Waals surface area (Å²) in [7, 11) is 2.17.